The lowest BCUT2D eigenvalue weighted by Gasteiger charge is -2.13. The Hall–Kier alpha value is -1.52. The molecule has 0 aliphatic rings. The fourth-order valence-electron chi connectivity index (χ4n) is 1.63. The van der Waals surface area contributed by atoms with Crippen molar-refractivity contribution in [2.24, 2.45) is 0 Å². The van der Waals surface area contributed by atoms with Crippen LogP contribution < -0.4 is 14.8 Å². The zero-order valence-electron chi connectivity index (χ0n) is 12.7. The zero-order valence-corrected chi connectivity index (χ0v) is 12.7. The Morgan fingerprint density at radius 1 is 1.25 bits per heavy atom. The van der Waals surface area contributed by atoms with Gasteiger partial charge in [0, 0.05) is 20.2 Å². The van der Waals surface area contributed by atoms with E-state index < -0.39 is 0 Å². The second-order valence-electron chi connectivity index (χ2n) is 4.55. The smallest absolute Gasteiger partial charge is 0.161 e. The fourth-order valence-corrected chi connectivity index (χ4v) is 1.63. The van der Waals surface area contributed by atoms with Crippen molar-refractivity contribution in [1.29, 1.82) is 0 Å². The van der Waals surface area contributed by atoms with Crippen LogP contribution in [-0.2, 0) is 11.3 Å². The number of benzene rings is 1. The fraction of sp³-hybridized carbons (Fsp3) is 0.500. The lowest BCUT2D eigenvalue weighted by atomic mass is 10.2. The Morgan fingerprint density at radius 3 is 2.70 bits per heavy atom. The molecule has 0 amide bonds. The van der Waals surface area contributed by atoms with Gasteiger partial charge < -0.3 is 19.5 Å². The van der Waals surface area contributed by atoms with Crippen molar-refractivity contribution in [2.45, 2.75) is 19.9 Å². The molecule has 0 heterocycles. The highest BCUT2D eigenvalue weighted by Crippen LogP contribution is 2.28. The molecule has 0 fully saturated rings. The third-order valence-corrected chi connectivity index (χ3v) is 2.97. The number of nitrogens with one attached hydrogen (secondary N) is 1. The van der Waals surface area contributed by atoms with Crippen LogP contribution in [-0.4, -0.2) is 34.0 Å². The first-order valence-electron chi connectivity index (χ1n) is 6.87. The van der Waals surface area contributed by atoms with Crippen LogP contribution in [0.3, 0.4) is 0 Å². The Labute approximate surface area is 121 Å². The number of hydrogen-bond acceptors (Lipinski definition) is 4. The van der Waals surface area contributed by atoms with Gasteiger partial charge in [-0.15, -0.1) is 0 Å². The molecule has 1 aromatic rings. The molecular weight excluding hydrogens is 254 g/mol. The van der Waals surface area contributed by atoms with Crippen molar-refractivity contribution in [3.8, 4) is 11.5 Å². The molecule has 1 aromatic carbocycles. The van der Waals surface area contributed by atoms with E-state index in [0.717, 1.165) is 42.1 Å². The van der Waals surface area contributed by atoms with Gasteiger partial charge in [-0.3, -0.25) is 0 Å². The molecule has 0 atom stereocenters. The predicted molar refractivity (Wildman–Crippen MR) is 81.5 cm³/mol. The van der Waals surface area contributed by atoms with Crippen molar-refractivity contribution in [3.63, 3.8) is 0 Å². The number of methoxy groups -OCH3 is 2. The maximum atomic E-state index is 5.77. The molecule has 0 aliphatic carbocycles. The first kappa shape index (κ1) is 16.5. The van der Waals surface area contributed by atoms with Gasteiger partial charge in [-0.05, 0) is 29.7 Å². The normalized spacial score (nSPS) is 10.3. The third kappa shape index (κ3) is 5.63. The molecule has 20 heavy (non-hydrogen) atoms. The largest absolute Gasteiger partial charge is 0.493 e. The molecule has 112 valence electrons. The first-order chi connectivity index (χ1) is 9.71. The Kier molecular flexibility index (Phi) is 7.77. The van der Waals surface area contributed by atoms with Crippen LogP contribution in [0.25, 0.3) is 0 Å². The minimum Gasteiger partial charge on any atom is -0.493 e. The molecular formula is C16H25NO3. The maximum absolute atomic E-state index is 5.77. The molecule has 4 heteroatoms. The van der Waals surface area contributed by atoms with E-state index in [1.54, 1.807) is 14.2 Å². The SMILES string of the molecule is C=C(CC)COc1cc(CNCCOC)ccc1OC. The standard InChI is InChI=1S/C16H25NO3/c1-5-13(2)12-20-16-10-14(6-7-15(16)19-4)11-17-8-9-18-3/h6-7,10,17H,2,5,8-9,11-12H2,1,3-4H3. The summed E-state index contributed by atoms with van der Waals surface area (Å²) in [6, 6.07) is 5.96. The van der Waals surface area contributed by atoms with Gasteiger partial charge >= 0.3 is 0 Å². The molecule has 4 nitrogen and oxygen atoms in total. The third-order valence-electron chi connectivity index (χ3n) is 2.97. The highest BCUT2D eigenvalue weighted by Gasteiger charge is 2.06. The van der Waals surface area contributed by atoms with Gasteiger partial charge in [-0.25, -0.2) is 0 Å². The molecule has 0 bridgehead atoms. The van der Waals surface area contributed by atoms with Crippen LogP contribution in [0.2, 0.25) is 0 Å². The molecule has 0 unspecified atom stereocenters. The average molecular weight is 279 g/mol. The molecule has 0 spiro atoms. The minimum absolute atomic E-state index is 0.521. The van der Waals surface area contributed by atoms with E-state index >= 15 is 0 Å². The van der Waals surface area contributed by atoms with Crippen LogP contribution in [0.1, 0.15) is 18.9 Å². The van der Waals surface area contributed by atoms with E-state index in [2.05, 4.69) is 18.8 Å². The lowest BCUT2D eigenvalue weighted by molar-refractivity contribution is 0.199. The molecule has 1 rings (SSSR count). The van der Waals surface area contributed by atoms with Crippen molar-refractivity contribution in [3.05, 3.63) is 35.9 Å². The van der Waals surface area contributed by atoms with Gasteiger partial charge in [0.15, 0.2) is 11.5 Å². The summed E-state index contributed by atoms with van der Waals surface area (Å²) in [6.07, 6.45) is 0.917. The Bertz CT molecular complexity index is 418. The Morgan fingerprint density at radius 2 is 2.05 bits per heavy atom. The van der Waals surface area contributed by atoms with E-state index in [1.807, 2.05) is 18.2 Å². The monoisotopic (exact) mass is 279 g/mol. The Balaban J connectivity index is 2.62. The van der Waals surface area contributed by atoms with Crippen molar-refractivity contribution in [2.75, 3.05) is 34.0 Å². The molecule has 0 saturated carbocycles. The highest BCUT2D eigenvalue weighted by molar-refractivity contribution is 5.43. The molecule has 0 aromatic heterocycles. The molecule has 0 radical (unpaired) electrons. The van der Waals surface area contributed by atoms with Crippen molar-refractivity contribution < 1.29 is 14.2 Å². The van der Waals surface area contributed by atoms with Gasteiger partial charge in [-0.2, -0.15) is 0 Å². The molecule has 1 N–H and O–H groups in total. The van der Waals surface area contributed by atoms with E-state index in [4.69, 9.17) is 14.2 Å². The summed E-state index contributed by atoms with van der Waals surface area (Å²) in [5.74, 6) is 1.50. The highest BCUT2D eigenvalue weighted by atomic mass is 16.5. The summed E-state index contributed by atoms with van der Waals surface area (Å²) < 4.78 is 16.1. The molecule has 0 aliphatic heterocycles. The summed E-state index contributed by atoms with van der Waals surface area (Å²) >= 11 is 0. The van der Waals surface area contributed by atoms with Gasteiger partial charge in [0.05, 0.1) is 13.7 Å². The summed E-state index contributed by atoms with van der Waals surface area (Å²) in [5, 5.41) is 3.30. The van der Waals surface area contributed by atoms with E-state index in [-0.39, 0.29) is 0 Å². The van der Waals surface area contributed by atoms with Crippen LogP contribution in [0.4, 0.5) is 0 Å². The van der Waals surface area contributed by atoms with Gasteiger partial charge in [0.1, 0.15) is 6.61 Å². The van der Waals surface area contributed by atoms with Crippen molar-refractivity contribution in [1.82, 2.24) is 5.32 Å². The summed E-state index contributed by atoms with van der Waals surface area (Å²) in [7, 11) is 3.34. The van der Waals surface area contributed by atoms with Crippen LogP contribution in [0.5, 0.6) is 11.5 Å². The summed E-state index contributed by atoms with van der Waals surface area (Å²) in [6.45, 7) is 8.84. The molecule has 0 saturated heterocycles. The predicted octanol–water partition coefficient (Wildman–Crippen LogP) is 2.78. The number of hydrogen-bond donors (Lipinski definition) is 1. The van der Waals surface area contributed by atoms with Crippen LogP contribution in [0.15, 0.2) is 30.4 Å². The number of rotatable bonds is 10. The minimum atomic E-state index is 0.521. The lowest BCUT2D eigenvalue weighted by Crippen LogP contribution is -2.18. The first-order valence-corrected chi connectivity index (χ1v) is 6.87. The van der Waals surface area contributed by atoms with Gasteiger partial charge in [0.2, 0.25) is 0 Å². The van der Waals surface area contributed by atoms with E-state index in [0.29, 0.717) is 13.2 Å². The number of ether oxygens (including phenoxy) is 3. The van der Waals surface area contributed by atoms with E-state index in [9.17, 15) is 0 Å². The second kappa shape index (κ2) is 9.39. The second-order valence-corrected chi connectivity index (χ2v) is 4.55. The van der Waals surface area contributed by atoms with Crippen LogP contribution >= 0.6 is 0 Å². The van der Waals surface area contributed by atoms with Gasteiger partial charge in [0.25, 0.3) is 0 Å². The maximum Gasteiger partial charge on any atom is 0.161 e. The van der Waals surface area contributed by atoms with E-state index in [1.165, 1.54) is 0 Å². The topological polar surface area (TPSA) is 39.7 Å². The summed E-state index contributed by atoms with van der Waals surface area (Å²) in [5.41, 5.74) is 2.22. The van der Waals surface area contributed by atoms with Gasteiger partial charge in [-0.1, -0.05) is 19.6 Å². The zero-order chi connectivity index (χ0) is 14.8. The summed E-state index contributed by atoms with van der Waals surface area (Å²) in [4.78, 5) is 0. The van der Waals surface area contributed by atoms with Crippen molar-refractivity contribution >= 4 is 0 Å². The average Bonchev–Trinajstić information content (AvgIpc) is 2.49. The van der Waals surface area contributed by atoms with Crippen LogP contribution in [0, 0.1) is 0 Å². The quantitative estimate of drug-likeness (QED) is 0.528.